The highest BCUT2D eigenvalue weighted by molar-refractivity contribution is 8.01. The summed E-state index contributed by atoms with van der Waals surface area (Å²) >= 11 is 1.66. The van der Waals surface area contributed by atoms with Crippen LogP contribution in [0.25, 0.3) is 11.5 Å². The lowest BCUT2D eigenvalue weighted by molar-refractivity contribution is -0.120. The molecule has 0 spiro atoms. The summed E-state index contributed by atoms with van der Waals surface area (Å²) in [6.45, 7) is 1.82. The second kappa shape index (κ2) is 11.3. The van der Waals surface area contributed by atoms with Crippen LogP contribution in [0.3, 0.4) is 0 Å². The van der Waals surface area contributed by atoms with Crippen molar-refractivity contribution in [3.63, 3.8) is 0 Å². The first-order valence-electron chi connectivity index (χ1n) is 7.57. The molecule has 1 N–H and O–H groups in total. The van der Waals surface area contributed by atoms with E-state index in [0.717, 1.165) is 23.0 Å². The van der Waals surface area contributed by atoms with Gasteiger partial charge in [-0.15, -0.1) is 11.8 Å². The summed E-state index contributed by atoms with van der Waals surface area (Å²) in [5.74, 6) is 2.42. The van der Waals surface area contributed by atoms with E-state index in [1.807, 2.05) is 55.7 Å². The van der Waals surface area contributed by atoms with Gasteiger partial charge in [0.25, 0.3) is 0 Å². The highest BCUT2D eigenvalue weighted by atomic mass is 32.2. The number of carbonyl (C=O) groups is 1. The van der Waals surface area contributed by atoms with Crippen molar-refractivity contribution >= 4 is 17.7 Å². The lowest BCUT2D eigenvalue weighted by Crippen LogP contribution is -2.15. The minimum atomic E-state index is 0.0926. The Balaban J connectivity index is 0.000000413. The van der Waals surface area contributed by atoms with E-state index in [1.54, 1.807) is 31.3 Å². The Morgan fingerprint density at radius 1 is 1.42 bits per heavy atom. The monoisotopic (exact) mass is 348 g/mol. The van der Waals surface area contributed by atoms with Gasteiger partial charge in [-0.2, -0.15) is 0 Å². The number of amides is 1. The first kappa shape index (κ1) is 19.8. The fraction of sp³-hybridized carbons (Fsp3) is 0.353. The molecule has 0 aromatic carbocycles. The number of rotatable bonds is 6. The largest absolute Gasteiger partial charge is 0.463 e. The van der Waals surface area contributed by atoms with Gasteiger partial charge in [-0.3, -0.25) is 4.79 Å². The van der Waals surface area contributed by atoms with Crippen LogP contribution < -0.4 is 5.32 Å². The third-order valence-corrected chi connectivity index (χ3v) is 3.49. The molecule has 6 nitrogen and oxygen atoms in total. The number of aromatic nitrogens is 2. The Labute approximate surface area is 147 Å². The van der Waals surface area contributed by atoms with E-state index in [0.29, 0.717) is 6.42 Å². The van der Waals surface area contributed by atoms with Gasteiger partial charge in [0, 0.05) is 40.0 Å². The Bertz CT molecular complexity index is 621. The van der Waals surface area contributed by atoms with Gasteiger partial charge in [0.05, 0.1) is 12.0 Å². The normalized spacial score (nSPS) is 10.2. The van der Waals surface area contributed by atoms with Crippen molar-refractivity contribution in [2.45, 2.75) is 19.1 Å². The molecule has 2 heterocycles. The van der Waals surface area contributed by atoms with Crippen molar-refractivity contribution in [1.29, 1.82) is 0 Å². The summed E-state index contributed by atoms with van der Waals surface area (Å²) in [4.78, 5) is 20.8. The summed E-state index contributed by atoms with van der Waals surface area (Å²) in [5.41, 5.74) is 0.821. The molecule has 0 unspecified atom stereocenters. The predicted molar refractivity (Wildman–Crippen MR) is 98.2 cm³/mol. The predicted octanol–water partition coefficient (Wildman–Crippen LogP) is 3.15. The van der Waals surface area contributed by atoms with E-state index < -0.39 is 0 Å². The maximum atomic E-state index is 10.1. The summed E-state index contributed by atoms with van der Waals surface area (Å²) in [5, 5.41) is 4.51. The zero-order chi connectivity index (χ0) is 17.8. The third kappa shape index (κ3) is 7.82. The van der Waals surface area contributed by atoms with Gasteiger partial charge < -0.3 is 14.6 Å². The number of nitrogens with one attached hydrogen (secondary N) is 1. The van der Waals surface area contributed by atoms with Crippen LogP contribution in [0, 0.1) is 0 Å². The molecule has 1 amide bonds. The Hall–Kier alpha value is -2.28. The molecular weight excluding hydrogens is 324 g/mol. The number of furan rings is 1. The number of nitrogens with zero attached hydrogens (tertiary/aromatic N) is 3. The summed E-state index contributed by atoms with van der Waals surface area (Å²) in [6.07, 6.45) is 5.99. The van der Waals surface area contributed by atoms with Crippen LogP contribution in [0.5, 0.6) is 0 Å². The topological polar surface area (TPSA) is 71.3 Å². The molecule has 2 rings (SSSR count). The van der Waals surface area contributed by atoms with Gasteiger partial charge in [-0.1, -0.05) is 6.92 Å². The first-order valence-corrected chi connectivity index (χ1v) is 8.62. The van der Waals surface area contributed by atoms with Crippen LogP contribution in [-0.4, -0.2) is 41.9 Å². The third-order valence-electron chi connectivity index (χ3n) is 2.75. The lowest BCUT2D eigenvalue weighted by Gasteiger charge is -2.03. The zero-order valence-corrected chi connectivity index (χ0v) is 15.3. The van der Waals surface area contributed by atoms with E-state index in [-0.39, 0.29) is 5.91 Å². The molecule has 0 aliphatic carbocycles. The quantitative estimate of drug-likeness (QED) is 0.865. The van der Waals surface area contributed by atoms with Crippen molar-refractivity contribution in [3.05, 3.63) is 48.1 Å². The van der Waals surface area contributed by atoms with E-state index in [2.05, 4.69) is 15.3 Å². The van der Waals surface area contributed by atoms with Gasteiger partial charge in [0.2, 0.25) is 5.91 Å². The minimum absolute atomic E-state index is 0.0926. The van der Waals surface area contributed by atoms with Crippen molar-refractivity contribution in [2.75, 3.05) is 21.1 Å². The summed E-state index contributed by atoms with van der Waals surface area (Å²) in [7, 11) is 5.61. The molecule has 0 saturated heterocycles. The minimum Gasteiger partial charge on any atom is -0.463 e. The van der Waals surface area contributed by atoms with Gasteiger partial charge in [0.1, 0.15) is 11.5 Å². The van der Waals surface area contributed by atoms with Crippen molar-refractivity contribution in [1.82, 2.24) is 20.2 Å². The molecule has 0 aliphatic heterocycles. The first-order chi connectivity index (χ1) is 11.6. The van der Waals surface area contributed by atoms with E-state index in [1.165, 1.54) is 0 Å². The average molecular weight is 348 g/mol. The van der Waals surface area contributed by atoms with Crippen molar-refractivity contribution in [3.8, 4) is 11.5 Å². The highest BCUT2D eigenvalue weighted by Gasteiger charge is 2.03. The van der Waals surface area contributed by atoms with Crippen LogP contribution in [-0.2, 0) is 10.5 Å². The number of thioether (sulfide) groups is 1. The smallest absolute Gasteiger partial charge is 0.219 e. The molecular formula is C17H24N4O2S. The molecule has 2 aromatic rings. The average Bonchev–Trinajstić information content (AvgIpc) is 3.13. The van der Waals surface area contributed by atoms with Crippen LogP contribution in [0.4, 0.5) is 0 Å². The molecule has 2 aromatic heterocycles. The summed E-state index contributed by atoms with van der Waals surface area (Å²) < 4.78 is 5.31. The Morgan fingerprint density at radius 2 is 2.21 bits per heavy atom. The maximum absolute atomic E-state index is 10.1. The standard InChI is InChI=1S/C13H15N3OS.C4H9NO/c1-16(2)7-9-18-10-13-14-6-5-11(15-13)12-4-3-8-17-12;1-3-4(6)5-2/h3-9H,10H2,1-2H3;3H2,1-2H3,(H,5,6)/b9-7-;. The highest BCUT2D eigenvalue weighted by Crippen LogP contribution is 2.18. The fourth-order valence-electron chi connectivity index (χ4n) is 1.49. The van der Waals surface area contributed by atoms with E-state index >= 15 is 0 Å². The summed E-state index contributed by atoms with van der Waals surface area (Å²) in [6, 6.07) is 5.60. The second-order valence-electron chi connectivity index (χ2n) is 4.92. The molecule has 0 saturated carbocycles. The maximum Gasteiger partial charge on any atom is 0.219 e. The van der Waals surface area contributed by atoms with E-state index in [9.17, 15) is 4.79 Å². The van der Waals surface area contributed by atoms with Crippen LogP contribution in [0.1, 0.15) is 19.2 Å². The molecule has 130 valence electrons. The Morgan fingerprint density at radius 3 is 2.75 bits per heavy atom. The SMILES string of the molecule is CCC(=O)NC.CN(C)/C=C\SCc1nccc(-c2ccco2)n1. The van der Waals surface area contributed by atoms with Gasteiger partial charge in [-0.25, -0.2) is 9.97 Å². The van der Waals surface area contributed by atoms with Gasteiger partial charge in [-0.05, 0) is 23.6 Å². The van der Waals surface area contributed by atoms with Crippen molar-refractivity contribution in [2.24, 2.45) is 0 Å². The van der Waals surface area contributed by atoms with Gasteiger partial charge >= 0.3 is 0 Å². The van der Waals surface area contributed by atoms with Gasteiger partial charge in [0.15, 0.2) is 5.76 Å². The second-order valence-corrected chi connectivity index (χ2v) is 5.82. The lowest BCUT2D eigenvalue weighted by atomic mass is 10.3. The van der Waals surface area contributed by atoms with E-state index in [4.69, 9.17) is 4.42 Å². The van der Waals surface area contributed by atoms with Crippen LogP contribution in [0.2, 0.25) is 0 Å². The Kier molecular flexibility index (Phi) is 9.29. The van der Waals surface area contributed by atoms with Crippen molar-refractivity contribution < 1.29 is 9.21 Å². The molecule has 0 bridgehead atoms. The fourth-order valence-corrected chi connectivity index (χ4v) is 2.21. The number of hydrogen-bond donors (Lipinski definition) is 1. The molecule has 24 heavy (non-hydrogen) atoms. The van der Waals surface area contributed by atoms with Crippen LogP contribution in [0.15, 0.2) is 46.7 Å². The number of carbonyl (C=O) groups excluding carboxylic acids is 1. The molecule has 0 atom stereocenters. The zero-order valence-electron chi connectivity index (χ0n) is 14.5. The number of hydrogen-bond acceptors (Lipinski definition) is 6. The molecule has 0 fully saturated rings. The molecule has 0 radical (unpaired) electrons. The molecule has 0 aliphatic rings. The van der Waals surface area contributed by atoms with Crippen LogP contribution >= 0.6 is 11.8 Å². The molecule has 7 heteroatoms.